The van der Waals surface area contributed by atoms with Gasteiger partial charge in [-0.2, -0.15) is 0 Å². The summed E-state index contributed by atoms with van der Waals surface area (Å²) in [6.07, 6.45) is 0. The Morgan fingerprint density at radius 1 is 1.30 bits per heavy atom. The van der Waals surface area contributed by atoms with Crippen molar-refractivity contribution >= 4 is 16.6 Å². The van der Waals surface area contributed by atoms with E-state index >= 15 is 0 Å². The normalized spacial score (nSPS) is 12.8. The summed E-state index contributed by atoms with van der Waals surface area (Å²) in [6, 6.07) is 9.76. The minimum Gasteiger partial charge on any atom is -0.383 e. The van der Waals surface area contributed by atoms with E-state index in [9.17, 15) is 4.79 Å². The van der Waals surface area contributed by atoms with Crippen molar-refractivity contribution in [2.24, 2.45) is 13.0 Å². The van der Waals surface area contributed by atoms with Gasteiger partial charge in [-0.3, -0.25) is 4.79 Å². The molecule has 1 N–H and O–H groups in total. The van der Waals surface area contributed by atoms with Crippen molar-refractivity contribution in [3.63, 3.8) is 0 Å². The third-order valence-corrected chi connectivity index (χ3v) is 3.65. The molecule has 0 amide bonds. The number of rotatable bonds is 5. The van der Waals surface area contributed by atoms with Gasteiger partial charge in [0.15, 0.2) is 0 Å². The lowest BCUT2D eigenvalue weighted by Crippen LogP contribution is -2.31. The van der Waals surface area contributed by atoms with Crippen LogP contribution in [0.25, 0.3) is 10.9 Å². The van der Waals surface area contributed by atoms with Crippen LogP contribution in [0.2, 0.25) is 0 Å². The molecule has 0 saturated carbocycles. The monoisotopic (exact) mass is 274 g/mol. The molecule has 108 valence electrons. The van der Waals surface area contributed by atoms with Gasteiger partial charge in [0.05, 0.1) is 18.2 Å². The Morgan fingerprint density at radius 2 is 2.00 bits per heavy atom. The zero-order valence-corrected chi connectivity index (χ0v) is 12.5. The first kappa shape index (κ1) is 14.6. The van der Waals surface area contributed by atoms with E-state index in [0.717, 1.165) is 16.6 Å². The molecule has 1 atom stereocenters. The minimum absolute atomic E-state index is 0.00822. The number of hydrogen-bond acceptors (Lipinski definition) is 3. The summed E-state index contributed by atoms with van der Waals surface area (Å²) in [6.45, 7) is 4.89. The summed E-state index contributed by atoms with van der Waals surface area (Å²) in [5, 5.41) is 4.50. The second-order valence-corrected chi connectivity index (χ2v) is 5.42. The van der Waals surface area contributed by atoms with E-state index in [1.165, 1.54) is 0 Å². The number of anilines is 1. The summed E-state index contributed by atoms with van der Waals surface area (Å²) < 4.78 is 6.93. The first-order chi connectivity index (χ1) is 9.54. The molecule has 0 spiro atoms. The fraction of sp³-hybridized carbons (Fsp3) is 0.438. The van der Waals surface area contributed by atoms with E-state index in [0.29, 0.717) is 12.5 Å². The van der Waals surface area contributed by atoms with E-state index < -0.39 is 0 Å². The summed E-state index contributed by atoms with van der Waals surface area (Å²) in [4.78, 5) is 12.1. The summed E-state index contributed by atoms with van der Waals surface area (Å²) in [5.41, 5.74) is 1.80. The Bertz CT molecular complexity index is 646. The maximum Gasteiger partial charge on any atom is 0.252 e. The molecule has 0 radical (unpaired) electrons. The predicted molar refractivity (Wildman–Crippen MR) is 83.3 cm³/mol. The number of aromatic nitrogens is 1. The second kappa shape index (κ2) is 6.09. The van der Waals surface area contributed by atoms with Crippen molar-refractivity contribution in [1.29, 1.82) is 0 Å². The highest BCUT2D eigenvalue weighted by Gasteiger charge is 2.15. The maximum atomic E-state index is 12.1. The molecule has 0 saturated heterocycles. The molecule has 2 aromatic rings. The van der Waals surface area contributed by atoms with Crippen LogP contribution >= 0.6 is 0 Å². The number of ether oxygens (including phenoxy) is 1. The van der Waals surface area contributed by atoms with Gasteiger partial charge in [0.1, 0.15) is 0 Å². The Labute approximate surface area is 119 Å². The van der Waals surface area contributed by atoms with Crippen LogP contribution in [0.4, 0.5) is 5.69 Å². The molecule has 1 aromatic heterocycles. The van der Waals surface area contributed by atoms with Crippen molar-refractivity contribution < 1.29 is 4.74 Å². The van der Waals surface area contributed by atoms with Crippen LogP contribution < -0.4 is 10.9 Å². The lowest BCUT2D eigenvalue weighted by Gasteiger charge is -2.24. The van der Waals surface area contributed by atoms with Crippen molar-refractivity contribution in [2.45, 2.75) is 19.9 Å². The minimum atomic E-state index is -0.00822. The number of hydrogen-bond donors (Lipinski definition) is 1. The first-order valence-corrected chi connectivity index (χ1v) is 6.89. The fourth-order valence-electron chi connectivity index (χ4n) is 2.31. The van der Waals surface area contributed by atoms with Crippen LogP contribution in [0, 0.1) is 5.92 Å². The van der Waals surface area contributed by atoms with E-state index in [-0.39, 0.29) is 11.6 Å². The average Bonchev–Trinajstić information content (AvgIpc) is 2.43. The number of para-hydroxylation sites is 1. The lowest BCUT2D eigenvalue weighted by atomic mass is 10.0. The number of nitrogens with one attached hydrogen (secondary N) is 1. The van der Waals surface area contributed by atoms with Crippen LogP contribution in [0.5, 0.6) is 0 Å². The van der Waals surface area contributed by atoms with Gasteiger partial charge in [0, 0.05) is 31.3 Å². The zero-order chi connectivity index (χ0) is 14.7. The van der Waals surface area contributed by atoms with Gasteiger partial charge in [-0.05, 0) is 12.0 Å². The SMILES string of the molecule is COCC(Nc1cc(=O)n(C)c2ccccc12)C(C)C. The third kappa shape index (κ3) is 2.85. The molecule has 0 aliphatic heterocycles. The molecule has 4 nitrogen and oxygen atoms in total. The highest BCUT2D eigenvalue weighted by Crippen LogP contribution is 2.22. The molecule has 2 rings (SSSR count). The molecule has 1 heterocycles. The molecule has 0 bridgehead atoms. The fourth-order valence-corrected chi connectivity index (χ4v) is 2.31. The van der Waals surface area contributed by atoms with Gasteiger partial charge in [-0.15, -0.1) is 0 Å². The Hall–Kier alpha value is -1.81. The summed E-state index contributed by atoms with van der Waals surface area (Å²) >= 11 is 0. The predicted octanol–water partition coefficient (Wildman–Crippen LogP) is 2.62. The van der Waals surface area contributed by atoms with E-state index in [1.54, 1.807) is 24.8 Å². The lowest BCUT2D eigenvalue weighted by molar-refractivity contribution is 0.171. The molecule has 20 heavy (non-hydrogen) atoms. The maximum absolute atomic E-state index is 12.1. The van der Waals surface area contributed by atoms with Gasteiger partial charge >= 0.3 is 0 Å². The highest BCUT2D eigenvalue weighted by atomic mass is 16.5. The number of fused-ring (bicyclic) bond motifs is 1. The molecular weight excluding hydrogens is 252 g/mol. The van der Waals surface area contributed by atoms with Crippen LogP contribution in [0.1, 0.15) is 13.8 Å². The third-order valence-electron chi connectivity index (χ3n) is 3.65. The van der Waals surface area contributed by atoms with Gasteiger partial charge in [0.25, 0.3) is 5.56 Å². The van der Waals surface area contributed by atoms with Crippen LogP contribution in [0.3, 0.4) is 0 Å². The molecular formula is C16H22N2O2. The molecule has 4 heteroatoms. The van der Waals surface area contributed by atoms with Crippen LogP contribution in [-0.4, -0.2) is 24.3 Å². The topological polar surface area (TPSA) is 43.3 Å². The van der Waals surface area contributed by atoms with Crippen LogP contribution in [0.15, 0.2) is 35.1 Å². The van der Waals surface area contributed by atoms with Crippen LogP contribution in [-0.2, 0) is 11.8 Å². The van der Waals surface area contributed by atoms with Gasteiger partial charge in [-0.1, -0.05) is 32.0 Å². The average molecular weight is 274 g/mol. The van der Waals surface area contributed by atoms with Gasteiger partial charge in [0.2, 0.25) is 0 Å². The Kier molecular flexibility index (Phi) is 4.45. The zero-order valence-electron chi connectivity index (χ0n) is 12.5. The number of aryl methyl sites for hydroxylation is 1. The smallest absolute Gasteiger partial charge is 0.252 e. The van der Waals surface area contributed by atoms with Crippen molar-refractivity contribution in [2.75, 3.05) is 19.0 Å². The second-order valence-electron chi connectivity index (χ2n) is 5.42. The largest absolute Gasteiger partial charge is 0.383 e. The molecule has 1 unspecified atom stereocenters. The molecule has 0 aliphatic carbocycles. The van der Waals surface area contributed by atoms with Crippen molar-refractivity contribution in [3.8, 4) is 0 Å². The summed E-state index contributed by atoms with van der Waals surface area (Å²) in [5.74, 6) is 0.415. The molecule has 1 aromatic carbocycles. The van der Waals surface area contributed by atoms with Gasteiger partial charge in [-0.25, -0.2) is 0 Å². The summed E-state index contributed by atoms with van der Waals surface area (Å²) in [7, 11) is 3.49. The van der Waals surface area contributed by atoms with Crippen molar-refractivity contribution in [1.82, 2.24) is 4.57 Å². The number of methoxy groups -OCH3 is 1. The van der Waals surface area contributed by atoms with E-state index in [1.807, 2.05) is 24.3 Å². The quantitative estimate of drug-likeness (QED) is 0.911. The standard InChI is InChI=1S/C16H22N2O2/c1-11(2)14(10-20-4)17-13-9-16(19)18(3)15-8-6-5-7-12(13)15/h5-9,11,14,17H,10H2,1-4H3. The molecule has 0 fully saturated rings. The number of nitrogens with zero attached hydrogens (tertiary/aromatic N) is 1. The molecule has 0 aliphatic rings. The Morgan fingerprint density at radius 3 is 2.65 bits per heavy atom. The Balaban J connectivity index is 2.49. The van der Waals surface area contributed by atoms with E-state index in [4.69, 9.17) is 4.74 Å². The number of pyridine rings is 1. The first-order valence-electron chi connectivity index (χ1n) is 6.89. The highest BCUT2D eigenvalue weighted by molar-refractivity contribution is 5.91. The van der Waals surface area contributed by atoms with Gasteiger partial charge < -0.3 is 14.6 Å². The number of benzene rings is 1. The van der Waals surface area contributed by atoms with Crippen molar-refractivity contribution in [3.05, 3.63) is 40.7 Å². The van der Waals surface area contributed by atoms with E-state index in [2.05, 4.69) is 19.2 Å².